The van der Waals surface area contributed by atoms with Gasteiger partial charge in [-0.1, -0.05) is 44.4 Å². The fourth-order valence-corrected chi connectivity index (χ4v) is 7.51. The number of hydrogen-bond donors (Lipinski definition) is 1. The predicted molar refractivity (Wildman–Crippen MR) is 156 cm³/mol. The molecule has 3 aromatic rings. The molecule has 3 fully saturated rings. The zero-order valence-electron chi connectivity index (χ0n) is 21.7. The minimum Gasteiger partial charge on any atom is -0.370 e. The first-order valence-corrected chi connectivity index (χ1v) is 14.5. The molecule has 0 spiro atoms. The maximum Gasteiger partial charge on any atom is 0.174 e. The van der Waals surface area contributed by atoms with Crippen molar-refractivity contribution in [1.82, 2.24) is 14.9 Å². The Labute approximate surface area is 230 Å². The van der Waals surface area contributed by atoms with Crippen LogP contribution in [0.15, 0.2) is 60.9 Å². The summed E-state index contributed by atoms with van der Waals surface area (Å²) in [6, 6.07) is 17.5. The Morgan fingerprint density at radius 2 is 1.78 bits per heavy atom. The van der Waals surface area contributed by atoms with E-state index in [1.165, 1.54) is 37.8 Å². The summed E-state index contributed by atoms with van der Waals surface area (Å²) in [5, 5.41) is 5.11. The van der Waals surface area contributed by atoms with Crippen LogP contribution in [0.2, 0.25) is 5.02 Å². The molecule has 1 aromatic carbocycles. The predicted octanol–water partition coefficient (Wildman–Crippen LogP) is 7.31. The molecule has 5 nitrogen and oxygen atoms in total. The van der Waals surface area contributed by atoms with Crippen molar-refractivity contribution in [2.45, 2.75) is 64.1 Å². The fraction of sp³-hybridized carbons (Fsp3) is 0.467. The number of hydrogen-bond acceptors (Lipinski definition) is 3. The largest absolute Gasteiger partial charge is 0.370 e. The summed E-state index contributed by atoms with van der Waals surface area (Å²) in [4.78, 5) is 9.43. The highest BCUT2D eigenvalue weighted by Gasteiger charge is 2.43. The lowest BCUT2D eigenvalue weighted by atomic mass is 9.91. The number of anilines is 2. The molecule has 0 unspecified atom stereocenters. The third-order valence-electron chi connectivity index (χ3n) is 8.35. The Kier molecular flexibility index (Phi) is 6.89. The van der Waals surface area contributed by atoms with Gasteiger partial charge in [0.2, 0.25) is 0 Å². The summed E-state index contributed by atoms with van der Waals surface area (Å²) in [6.45, 7) is 6.76. The van der Waals surface area contributed by atoms with E-state index in [0.29, 0.717) is 23.0 Å². The maximum absolute atomic E-state index is 7.00. The first kappa shape index (κ1) is 24.7. The molecule has 7 heteroatoms. The van der Waals surface area contributed by atoms with Crippen molar-refractivity contribution in [3.63, 3.8) is 0 Å². The summed E-state index contributed by atoms with van der Waals surface area (Å²) in [5.74, 6) is 1.34. The van der Waals surface area contributed by atoms with E-state index in [1.54, 1.807) is 0 Å². The minimum atomic E-state index is -0.0500. The van der Waals surface area contributed by atoms with E-state index in [0.717, 1.165) is 35.2 Å². The van der Waals surface area contributed by atoms with Gasteiger partial charge in [0.1, 0.15) is 6.04 Å². The molecule has 3 aliphatic rings. The normalized spacial score (nSPS) is 26.6. The van der Waals surface area contributed by atoms with Crippen molar-refractivity contribution in [2.24, 2.45) is 11.8 Å². The molecular formula is C30H36ClN5S. The second-order valence-corrected chi connectivity index (χ2v) is 12.1. The number of aromatic nitrogens is 2. The Morgan fingerprint density at radius 3 is 2.49 bits per heavy atom. The monoisotopic (exact) mass is 533 g/mol. The van der Waals surface area contributed by atoms with E-state index in [2.05, 4.69) is 82.2 Å². The molecule has 2 aliphatic heterocycles. The maximum atomic E-state index is 7.00. The van der Waals surface area contributed by atoms with Gasteiger partial charge in [-0.2, -0.15) is 0 Å². The Hall–Kier alpha value is -2.57. The lowest BCUT2D eigenvalue weighted by Crippen LogP contribution is -2.39. The van der Waals surface area contributed by atoms with Crippen molar-refractivity contribution < 1.29 is 0 Å². The van der Waals surface area contributed by atoms with Crippen LogP contribution in [0.3, 0.4) is 0 Å². The van der Waals surface area contributed by atoms with Gasteiger partial charge in [0, 0.05) is 42.9 Å². The van der Waals surface area contributed by atoms with Crippen LogP contribution in [0.5, 0.6) is 0 Å². The summed E-state index contributed by atoms with van der Waals surface area (Å²) in [7, 11) is 0. The minimum absolute atomic E-state index is 0.0186. The fourth-order valence-electron chi connectivity index (χ4n) is 6.87. The number of thiocarbonyl (C=S) groups is 1. The van der Waals surface area contributed by atoms with E-state index in [4.69, 9.17) is 28.8 Å². The van der Waals surface area contributed by atoms with E-state index in [-0.39, 0.29) is 12.1 Å². The van der Waals surface area contributed by atoms with Crippen LogP contribution in [0.4, 0.5) is 11.4 Å². The van der Waals surface area contributed by atoms with Gasteiger partial charge >= 0.3 is 0 Å². The number of nitrogens with one attached hydrogen (secondary N) is 1. The van der Waals surface area contributed by atoms with Crippen molar-refractivity contribution in [3.8, 4) is 0 Å². The quantitative estimate of drug-likeness (QED) is 0.348. The number of pyridine rings is 1. The Bertz CT molecular complexity index is 1240. The van der Waals surface area contributed by atoms with Gasteiger partial charge in [-0.25, -0.2) is 0 Å². The van der Waals surface area contributed by atoms with Crippen LogP contribution in [0.25, 0.3) is 0 Å². The average molecular weight is 534 g/mol. The van der Waals surface area contributed by atoms with E-state index < -0.39 is 0 Å². The van der Waals surface area contributed by atoms with E-state index >= 15 is 0 Å². The molecule has 4 heterocycles. The highest BCUT2D eigenvalue weighted by Crippen LogP contribution is 2.45. The van der Waals surface area contributed by atoms with E-state index in [1.807, 2.05) is 12.3 Å². The zero-order chi connectivity index (χ0) is 25.5. The summed E-state index contributed by atoms with van der Waals surface area (Å²) >= 11 is 13.0. The molecule has 6 rings (SSSR count). The second kappa shape index (κ2) is 10.3. The number of rotatable bonds is 5. The molecular weight excluding hydrogens is 498 g/mol. The Balaban J connectivity index is 1.39. The molecule has 2 saturated heterocycles. The molecule has 2 aromatic heterocycles. The van der Waals surface area contributed by atoms with Gasteiger partial charge < -0.3 is 19.7 Å². The zero-order valence-corrected chi connectivity index (χ0v) is 23.3. The highest BCUT2D eigenvalue weighted by molar-refractivity contribution is 7.80. The smallest absolute Gasteiger partial charge is 0.174 e. The third-order valence-corrected chi connectivity index (χ3v) is 8.97. The van der Waals surface area contributed by atoms with Crippen LogP contribution in [0.1, 0.15) is 75.5 Å². The SMILES string of the molecule is C[C@@H]1C[C@H](C)CN(c2ccc(N3C(=S)N[C@H](c4ccccn4)[C@@H]3c3cccn3C3CCCC3)cc2Cl)C1. The average Bonchev–Trinajstić information content (AvgIpc) is 3.63. The number of nitrogens with zero attached hydrogens (tertiary/aromatic N) is 4. The summed E-state index contributed by atoms with van der Waals surface area (Å²) in [5.41, 5.74) is 4.41. The number of halogens is 1. The van der Waals surface area contributed by atoms with Gasteiger partial charge in [-0.05, 0) is 85.8 Å². The molecule has 1 aliphatic carbocycles. The van der Waals surface area contributed by atoms with Crippen LogP contribution < -0.4 is 15.1 Å². The topological polar surface area (TPSA) is 36.3 Å². The molecule has 0 bridgehead atoms. The van der Waals surface area contributed by atoms with Gasteiger partial charge in [0.05, 0.1) is 22.4 Å². The van der Waals surface area contributed by atoms with Crippen LogP contribution >= 0.6 is 23.8 Å². The first-order valence-electron chi connectivity index (χ1n) is 13.7. The number of benzene rings is 1. The van der Waals surface area contributed by atoms with Gasteiger partial charge in [0.15, 0.2) is 5.11 Å². The molecule has 0 radical (unpaired) electrons. The first-order chi connectivity index (χ1) is 18.0. The van der Waals surface area contributed by atoms with Gasteiger partial charge in [-0.15, -0.1) is 0 Å². The second-order valence-electron chi connectivity index (χ2n) is 11.3. The third kappa shape index (κ3) is 4.74. The Morgan fingerprint density at radius 1 is 1.00 bits per heavy atom. The van der Waals surface area contributed by atoms with E-state index in [9.17, 15) is 0 Å². The summed E-state index contributed by atoms with van der Waals surface area (Å²) in [6.07, 6.45) is 10.4. The molecule has 194 valence electrons. The van der Waals surface area contributed by atoms with Crippen molar-refractivity contribution in [3.05, 3.63) is 77.3 Å². The van der Waals surface area contributed by atoms with Crippen molar-refractivity contribution in [1.29, 1.82) is 0 Å². The lowest BCUT2D eigenvalue weighted by molar-refractivity contribution is 0.357. The standard InChI is InChI=1S/C30H36ClN5S/c1-20-16-21(2)19-34(18-20)26-13-12-23(17-24(26)31)36-29(27-11-7-15-35(27)22-8-3-4-9-22)28(33-30(36)37)25-10-5-6-14-32-25/h5-7,10-15,17,20-22,28-29H,3-4,8-9,16,18-19H2,1-2H3,(H,33,37)/t20-,21+,28-,29+/m1/s1. The van der Waals surface area contributed by atoms with Crippen LogP contribution in [-0.2, 0) is 0 Å². The molecule has 1 N–H and O–H groups in total. The highest BCUT2D eigenvalue weighted by atomic mass is 35.5. The van der Waals surface area contributed by atoms with Gasteiger partial charge in [0.25, 0.3) is 0 Å². The van der Waals surface area contributed by atoms with Crippen LogP contribution in [0, 0.1) is 11.8 Å². The molecule has 4 atom stereocenters. The lowest BCUT2D eigenvalue weighted by Gasteiger charge is -2.37. The van der Waals surface area contributed by atoms with Crippen molar-refractivity contribution >= 4 is 40.3 Å². The van der Waals surface area contributed by atoms with Crippen LogP contribution in [-0.4, -0.2) is 27.8 Å². The number of piperidine rings is 1. The molecule has 1 saturated carbocycles. The molecule has 37 heavy (non-hydrogen) atoms. The van der Waals surface area contributed by atoms with Crippen molar-refractivity contribution in [2.75, 3.05) is 22.9 Å². The molecule has 0 amide bonds. The summed E-state index contributed by atoms with van der Waals surface area (Å²) < 4.78 is 2.49. The van der Waals surface area contributed by atoms with Gasteiger partial charge in [-0.3, -0.25) is 4.98 Å².